The lowest BCUT2D eigenvalue weighted by molar-refractivity contribution is -0.152. The molecule has 0 amide bonds. The molecule has 3 aromatic rings. The summed E-state index contributed by atoms with van der Waals surface area (Å²) in [6, 6.07) is 8.24. The Balaban J connectivity index is 1.80. The van der Waals surface area contributed by atoms with E-state index in [9.17, 15) is 23.1 Å². The fraction of sp³-hybridized carbons (Fsp3) is 0.385. The van der Waals surface area contributed by atoms with Gasteiger partial charge in [0.05, 0.1) is 27.3 Å². The maximum absolute atomic E-state index is 12.9. The zero-order valence-corrected chi connectivity index (χ0v) is 22.9. The highest BCUT2D eigenvalue weighted by atomic mass is 35.5. The SMILES string of the molecule is CCO[C@H](CCc1ccc(OC(C)(C)C(=O)O)c(Cl)c1Cl)c1sc(-c2ccc(C(F)(F)F)cc2)nc1C. The molecule has 1 aromatic heterocycles. The molecule has 0 saturated carbocycles. The molecular formula is C26H26Cl2F3NO4S. The number of aromatic nitrogens is 1. The fourth-order valence-corrected chi connectivity index (χ4v) is 5.20. The Labute approximate surface area is 227 Å². The smallest absolute Gasteiger partial charge is 0.416 e. The summed E-state index contributed by atoms with van der Waals surface area (Å²) in [7, 11) is 0. The van der Waals surface area contributed by atoms with Crippen LogP contribution in [-0.2, 0) is 22.1 Å². The molecule has 0 aliphatic rings. The van der Waals surface area contributed by atoms with Crippen molar-refractivity contribution in [3.63, 3.8) is 0 Å². The summed E-state index contributed by atoms with van der Waals surface area (Å²) in [5.41, 5.74) is -0.125. The van der Waals surface area contributed by atoms with Gasteiger partial charge in [-0.2, -0.15) is 13.2 Å². The average molecular weight is 576 g/mol. The van der Waals surface area contributed by atoms with Crippen LogP contribution in [0.25, 0.3) is 10.6 Å². The quantitative estimate of drug-likeness (QED) is 0.263. The van der Waals surface area contributed by atoms with Crippen LogP contribution < -0.4 is 4.74 Å². The van der Waals surface area contributed by atoms with Crippen LogP contribution in [-0.4, -0.2) is 28.3 Å². The van der Waals surface area contributed by atoms with Crippen LogP contribution in [0, 0.1) is 6.92 Å². The molecule has 1 heterocycles. The van der Waals surface area contributed by atoms with E-state index in [1.807, 2.05) is 13.8 Å². The number of thiazole rings is 1. The van der Waals surface area contributed by atoms with Crippen molar-refractivity contribution >= 4 is 40.5 Å². The highest BCUT2D eigenvalue weighted by molar-refractivity contribution is 7.15. The first-order valence-corrected chi connectivity index (χ1v) is 13.0. The number of aryl methyl sites for hydroxylation is 2. The lowest BCUT2D eigenvalue weighted by atomic mass is 10.0. The van der Waals surface area contributed by atoms with Gasteiger partial charge in [-0.3, -0.25) is 0 Å². The molecule has 0 radical (unpaired) electrons. The number of aliphatic carboxylic acids is 1. The Kier molecular flexibility index (Phi) is 9.16. The minimum Gasteiger partial charge on any atom is -0.478 e. The van der Waals surface area contributed by atoms with Gasteiger partial charge in [0, 0.05) is 12.2 Å². The molecule has 3 rings (SSSR count). The molecule has 2 aromatic carbocycles. The van der Waals surface area contributed by atoms with E-state index in [1.54, 1.807) is 12.1 Å². The van der Waals surface area contributed by atoms with E-state index in [2.05, 4.69) is 4.98 Å². The Morgan fingerprint density at radius 1 is 1.11 bits per heavy atom. The molecule has 11 heteroatoms. The van der Waals surface area contributed by atoms with E-state index >= 15 is 0 Å². The number of carbonyl (C=O) groups is 1. The van der Waals surface area contributed by atoms with Gasteiger partial charge in [0.25, 0.3) is 0 Å². The Morgan fingerprint density at radius 3 is 2.32 bits per heavy atom. The van der Waals surface area contributed by atoms with Crippen molar-refractivity contribution in [3.8, 4) is 16.3 Å². The standard InChI is InChI=1S/C26H26Cl2F3NO4S/c1-5-35-19(13-9-15-8-12-18(21(28)20(15)27)36-25(3,4)24(33)34)22-14(2)32-23(37-22)16-6-10-17(11-7-16)26(29,30)31/h6-8,10-12,19H,5,9,13H2,1-4H3,(H,33,34)/t19-/m1/s1. The molecule has 37 heavy (non-hydrogen) atoms. The van der Waals surface area contributed by atoms with Crippen molar-refractivity contribution in [1.82, 2.24) is 4.98 Å². The van der Waals surface area contributed by atoms with Crippen LogP contribution in [0.4, 0.5) is 13.2 Å². The zero-order chi connectivity index (χ0) is 27.5. The number of halogens is 5. The second kappa shape index (κ2) is 11.6. The van der Waals surface area contributed by atoms with Gasteiger partial charge >= 0.3 is 12.1 Å². The monoisotopic (exact) mass is 575 g/mol. The number of carboxylic acid groups (broad SMARTS) is 1. The molecule has 0 aliphatic heterocycles. The second-order valence-corrected chi connectivity index (χ2v) is 10.6. The van der Waals surface area contributed by atoms with Crippen LogP contribution in [0.2, 0.25) is 10.0 Å². The van der Waals surface area contributed by atoms with Gasteiger partial charge in [0.15, 0.2) is 5.60 Å². The third kappa shape index (κ3) is 6.96. The molecule has 0 aliphatic carbocycles. The van der Waals surface area contributed by atoms with Gasteiger partial charge in [-0.1, -0.05) is 41.4 Å². The predicted octanol–water partition coefficient (Wildman–Crippen LogP) is 8.40. The molecular weight excluding hydrogens is 550 g/mol. The molecule has 1 N–H and O–H groups in total. The van der Waals surface area contributed by atoms with Crippen LogP contribution in [0.5, 0.6) is 5.75 Å². The minimum absolute atomic E-state index is 0.125. The third-order valence-electron chi connectivity index (χ3n) is 5.63. The third-order valence-corrected chi connectivity index (χ3v) is 7.84. The maximum Gasteiger partial charge on any atom is 0.416 e. The van der Waals surface area contributed by atoms with Crippen LogP contribution in [0.15, 0.2) is 36.4 Å². The summed E-state index contributed by atoms with van der Waals surface area (Å²) in [6.45, 7) is 6.99. The molecule has 0 bridgehead atoms. The number of hydrogen-bond donors (Lipinski definition) is 1. The number of nitrogens with zero attached hydrogens (tertiary/aromatic N) is 1. The lowest BCUT2D eigenvalue weighted by Crippen LogP contribution is -2.38. The van der Waals surface area contributed by atoms with Crippen molar-refractivity contribution in [3.05, 3.63) is 68.1 Å². The molecule has 1 atom stereocenters. The fourth-order valence-electron chi connectivity index (χ4n) is 3.57. The molecule has 0 saturated heterocycles. The number of rotatable bonds is 10. The molecule has 200 valence electrons. The number of hydrogen-bond acceptors (Lipinski definition) is 5. The molecule has 0 fully saturated rings. The topological polar surface area (TPSA) is 68.7 Å². The van der Waals surface area contributed by atoms with E-state index < -0.39 is 23.3 Å². The predicted molar refractivity (Wildman–Crippen MR) is 139 cm³/mol. The summed E-state index contributed by atoms with van der Waals surface area (Å²) < 4.78 is 50.2. The van der Waals surface area contributed by atoms with Crippen molar-refractivity contribution in [1.29, 1.82) is 0 Å². The van der Waals surface area contributed by atoms with E-state index in [0.717, 1.165) is 28.3 Å². The first-order chi connectivity index (χ1) is 17.2. The summed E-state index contributed by atoms with van der Waals surface area (Å²) in [5, 5.41) is 10.3. The summed E-state index contributed by atoms with van der Waals surface area (Å²) >= 11 is 14.2. The second-order valence-electron chi connectivity index (χ2n) is 8.79. The van der Waals surface area contributed by atoms with Crippen molar-refractivity contribution in [2.24, 2.45) is 0 Å². The Hall–Kier alpha value is -2.33. The summed E-state index contributed by atoms with van der Waals surface area (Å²) in [6.07, 6.45) is -3.68. The van der Waals surface area contributed by atoms with E-state index in [1.165, 1.54) is 37.3 Å². The van der Waals surface area contributed by atoms with Crippen molar-refractivity contribution in [2.75, 3.05) is 6.61 Å². The average Bonchev–Trinajstić information content (AvgIpc) is 3.21. The van der Waals surface area contributed by atoms with Crippen molar-refractivity contribution in [2.45, 2.75) is 58.4 Å². The van der Waals surface area contributed by atoms with Gasteiger partial charge in [-0.15, -0.1) is 11.3 Å². The first-order valence-electron chi connectivity index (χ1n) is 11.4. The normalized spacial score (nSPS) is 13.0. The van der Waals surface area contributed by atoms with Gasteiger partial charge < -0.3 is 14.6 Å². The van der Waals surface area contributed by atoms with Gasteiger partial charge in [0.1, 0.15) is 15.8 Å². The Bertz CT molecular complexity index is 1260. The summed E-state index contributed by atoms with van der Waals surface area (Å²) in [4.78, 5) is 16.8. The van der Waals surface area contributed by atoms with Crippen LogP contribution in [0.3, 0.4) is 0 Å². The van der Waals surface area contributed by atoms with Gasteiger partial charge in [-0.05, 0) is 64.3 Å². The molecule has 0 spiro atoms. The minimum atomic E-state index is -4.40. The lowest BCUT2D eigenvalue weighted by Gasteiger charge is -2.23. The zero-order valence-electron chi connectivity index (χ0n) is 20.6. The maximum atomic E-state index is 12.9. The van der Waals surface area contributed by atoms with Gasteiger partial charge in [-0.25, -0.2) is 9.78 Å². The van der Waals surface area contributed by atoms with E-state index in [0.29, 0.717) is 30.0 Å². The number of ether oxygens (including phenoxy) is 2. The highest BCUT2D eigenvalue weighted by Crippen LogP contribution is 2.40. The van der Waals surface area contributed by atoms with E-state index in [-0.39, 0.29) is 21.9 Å². The summed E-state index contributed by atoms with van der Waals surface area (Å²) in [5.74, 6) is -0.970. The number of alkyl halides is 3. The molecule has 5 nitrogen and oxygen atoms in total. The largest absolute Gasteiger partial charge is 0.478 e. The number of carboxylic acids is 1. The van der Waals surface area contributed by atoms with E-state index in [4.69, 9.17) is 32.7 Å². The first kappa shape index (κ1) is 29.2. The van der Waals surface area contributed by atoms with Crippen molar-refractivity contribution < 1.29 is 32.5 Å². The Morgan fingerprint density at radius 2 is 1.76 bits per heavy atom. The van der Waals surface area contributed by atoms with Crippen LogP contribution >= 0.6 is 34.5 Å². The van der Waals surface area contributed by atoms with Crippen LogP contribution in [0.1, 0.15) is 55.0 Å². The number of benzene rings is 2. The molecule has 0 unspecified atom stereocenters. The highest BCUT2D eigenvalue weighted by Gasteiger charge is 2.31. The van der Waals surface area contributed by atoms with Gasteiger partial charge in [0.2, 0.25) is 0 Å².